The molecule has 1 aromatic carbocycles. The first-order valence-corrected chi connectivity index (χ1v) is 8.28. The van der Waals surface area contributed by atoms with Crippen LogP contribution >= 0.6 is 0 Å². The zero-order valence-electron chi connectivity index (χ0n) is 14.7. The van der Waals surface area contributed by atoms with Gasteiger partial charge < -0.3 is 19.6 Å². The number of pyridine rings is 1. The van der Waals surface area contributed by atoms with Gasteiger partial charge >= 0.3 is 0 Å². The first kappa shape index (κ1) is 17.4. The second-order valence-corrected chi connectivity index (χ2v) is 6.72. The summed E-state index contributed by atoms with van der Waals surface area (Å²) in [7, 11) is 1.65. The zero-order valence-corrected chi connectivity index (χ0v) is 14.7. The monoisotopic (exact) mass is 346 g/mol. The fraction of sp³-hybridized carbons (Fsp3) is 0.444. The number of H-pyrrole nitrogens is 1. The minimum absolute atomic E-state index is 0.370. The van der Waals surface area contributed by atoms with Gasteiger partial charge in [-0.2, -0.15) is 0 Å². The van der Waals surface area contributed by atoms with E-state index in [1.165, 1.54) is 0 Å². The van der Waals surface area contributed by atoms with Gasteiger partial charge in [-0.3, -0.25) is 5.21 Å². The summed E-state index contributed by atoms with van der Waals surface area (Å²) in [4.78, 5) is 7.81. The Hall–Kier alpha value is -2.38. The third-order valence-corrected chi connectivity index (χ3v) is 4.04. The third-order valence-electron chi connectivity index (χ3n) is 4.04. The lowest BCUT2D eigenvalue weighted by molar-refractivity contribution is -0.883. The molecule has 3 rings (SSSR count). The predicted octanol–water partition coefficient (Wildman–Crippen LogP) is 1.97. The minimum atomic E-state index is -0.794. The Balaban J connectivity index is 2.04. The molecule has 0 aliphatic carbocycles. The number of ether oxygens (including phenoxy) is 2. The van der Waals surface area contributed by atoms with E-state index >= 15 is 0 Å². The molecule has 3 N–H and O–H groups in total. The Labute approximate surface area is 145 Å². The Bertz CT molecular complexity index is 883. The van der Waals surface area contributed by atoms with Crippen LogP contribution in [0.25, 0.3) is 21.9 Å². The number of benzene rings is 1. The summed E-state index contributed by atoms with van der Waals surface area (Å²) in [6.07, 6.45) is 2.73. The number of aromatic amines is 1. The molecule has 0 bridgehead atoms. The van der Waals surface area contributed by atoms with Crippen molar-refractivity contribution in [3.05, 3.63) is 30.2 Å². The van der Waals surface area contributed by atoms with Gasteiger partial charge in [-0.05, 0) is 19.9 Å². The molecule has 0 spiro atoms. The summed E-state index contributed by atoms with van der Waals surface area (Å²) in [6, 6.07) is 5.48. The highest BCUT2D eigenvalue weighted by Gasteiger charge is 2.21. The van der Waals surface area contributed by atoms with Crippen LogP contribution in [0.2, 0.25) is 0 Å². The molecule has 134 valence electrons. The van der Waals surface area contributed by atoms with E-state index < -0.39 is 5.60 Å². The lowest BCUT2D eigenvalue weighted by Crippen LogP contribution is -2.30. The van der Waals surface area contributed by atoms with Gasteiger partial charge in [-0.1, -0.05) is 6.07 Å². The summed E-state index contributed by atoms with van der Waals surface area (Å²) >= 11 is 0. The van der Waals surface area contributed by atoms with Gasteiger partial charge in [0.25, 0.3) is 11.7 Å². The molecule has 0 aliphatic heterocycles. The van der Waals surface area contributed by atoms with Crippen LogP contribution in [0.4, 0.5) is 0 Å². The Morgan fingerprint density at radius 3 is 2.80 bits per heavy atom. The van der Waals surface area contributed by atoms with Gasteiger partial charge in [-0.25, -0.2) is 4.98 Å². The van der Waals surface area contributed by atoms with Crippen molar-refractivity contribution in [1.29, 1.82) is 0 Å². The second kappa shape index (κ2) is 6.85. The molecule has 0 fully saturated rings. The number of nitrogens with zero attached hydrogens (tertiary/aromatic N) is 2. The minimum Gasteiger partial charge on any atom is -0.493 e. The maximum atomic E-state index is 10.3. The molecule has 0 saturated carbocycles. The van der Waals surface area contributed by atoms with Crippen molar-refractivity contribution < 1.29 is 24.5 Å². The van der Waals surface area contributed by atoms with Crippen LogP contribution in [0.5, 0.6) is 5.75 Å². The molecule has 0 atom stereocenters. The number of hydrogen-bond acceptors (Lipinski definition) is 5. The number of aromatic nitrogens is 3. The molecule has 0 saturated heterocycles. The van der Waals surface area contributed by atoms with Gasteiger partial charge in [0.2, 0.25) is 0 Å². The number of aliphatic hydroxyl groups is 1. The summed E-state index contributed by atoms with van der Waals surface area (Å²) in [5.41, 5.74) is 1.29. The van der Waals surface area contributed by atoms with Gasteiger partial charge in [0.05, 0.1) is 24.3 Å². The van der Waals surface area contributed by atoms with E-state index in [0.29, 0.717) is 42.8 Å². The Morgan fingerprint density at radius 1 is 1.28 bits per heavy atom. The van der Waals surface area contributed by atoms with E-state index in [1.54, 1.807) is 27.2 Å². The Morgan fingerprint density at radius 2 is 2.08 bits per heavy atom. The normalized spacial score (nSPS) is 12.2. The van der Waals surface area contributed by atoms with Crippen molar-refractivity contribution in [2.45, 2.75) is 32.3 Å². The lowest BCUT2D eigenvalue weighted by Gasteiger charge is -2.17. The summed E-state index contributed by atoms with van der Waals surface area (Å²) in [6.45, 7) is 4.42. The van der Waals surface area contributed by atoms with Crippen molar-refractivity contribution in [3.8, 4) is 5.75 Å². The summed E-state index contributed by atoms with van der Waals surface area (Å²) in [5.74, 6) is 1.42. The topological polar surface area (TPSA) is 91.5 Å². The van der Waals surface area contributed by atoms with Crippen molar-refractivity contribution in [3.63, 3.8) is 0 Å². The van der Waals surface area contributed by atoms with Crippen LogP contribution in [-0.4, -0.2) is 46.2 Å². The zero-order chi connectivity index (χ0) is 18.0. The highest BCUT2D eigenvalue weighted by atomic mass is 16.5. The molecular formula is C18H24N3O4+. The average Bonchev–Trinajstić information content (AvgIpc) is 2.94. The van der Waals surface area contributed by atoms with Gasteiger partial charge in [0.1, 0.15) is 17.0 Å². The second-order valence-electron chi connectivity index (χ2n) is 6.72. The fourth-order valence-corrected chi connectivity index (χ4v) is 2.72. The van der Waals surface area contributed by atoms with Crippen molar-refractivity contribution in [2.24, 2.45) is 0 Å². The number of fused-ring (bicyclic) bond motifs is 3. The predicted molar refractivity (Wildman–Crippen MR) is 93.0 cm³/mol. The van der Waals surface area contributed by atoms with Gasteiger partial charge in [-0.15, -0.1) is 0 Å². The van der Waals surface area contributed by atoms with E-state index in [9.17, 15) is 10.3 Å². The Kier molecular flexibility index (Phi) is 4.78. The van der Waals surface area contributed by atoms with E-state index in [4.69, 9.17) is 9.47 Å². The van der Waals surface area contributed by atoms with E-state index in [0.717, 1.165) is 21.5 Å². The van der Waals surface area contributed by atoms with Crippen LogP contribution < -0.4 is 9.47 Å². The van der Waals surface area contributed by atoms with Crippen LogP contribution in [0.3, 0.4) is 0 Å². The summed E-state index contributed by atoms with van der Waals surface area (Å²) < 4.78 is 12.0. The highest BCUT2D eigenvalue weighted by Crippen LogP contribution is 2.30. The van der Waals surface area contributed by atoms with Crippen LogP contribution in [0, 0.1) is 0 Å². The first-order chi connectivity index (χ1) is 11.9. The molecule has 2 aromatic heterocycles. The third kappa shape index (κ3) is 3.83. The molecule has 0 radical (unpaired) electrons. The average molecular weight is 346 g/mol. The van der Waals surface area contributed by atoms with E-state index in [-0.39, 0.29) is 0 Å². The SMILES string of the molecule is COCCc1nc2c[n+](O)c3cccc(OCCC(C)(C)O)c3c2[nH]1. The van der Waals surface area contributed by atoms with Crippen LogP contribution in [-0.2, 0) is 11.2 Å². The molecule has 0 unspecified atom stereocenters. The maximum Gasteiger partial charge on any atom is 0.270 e. The van der Waals surface area contributed by atoms with Gasteiger partial charge in [0, 0.05) is 30.7 Å². The fourth-order valence-electron chi connectivity index (χ4n) is 2.72. The number of nitrogens with one attached hydrogen (secondary N) is 1. The number of methoxy groups -OCH3 is 1. The quantitative estimate of drug-likeness (QED) is 0.449. The molecule has 7 nitrogen and oxygen atoms in total. The maximum absolute atomic E-state index is 10.3. The van der Waals surface area contributed by atoms with Crippen molar-refractivity contribution in [2.75, 3.05) is 20.3 Å². The smallest absolute Gasteiger partial charge is 0.270 e. The molecule has 3 aromatic rings. The molecule has 2 heterocycles. The van der Waals surface area contributed by atoms with Crippen molar-refractivity contribution >= 4 is 21.9 Å². The standard InChI is InChI=1S/C18H23N3O4/c1-18(2,22)8-10-25-14-6-4-5-13-16(14)17-12(11-21(13)23)19-15(20-17)7-9-24-3/h4-6,11,22-23H,7-10H2,1-3H3/p+1. The number of hydrogen-bond donors (Lipinski definition) is 3. The van der Waals surface area contributed by atoms with Gasteiger partial charge in [0.15, 0.2) is 5.52 Å². The molecule has 0 aliphatic rings. The number of imidazole rings is 1. The number of rotatable bonds is 7. The molecule has 7 heteroatoms. The molecule has 0 amide bonds. The molecule has 25 heavy (non-hydrogen) atoms. The largest absolute Gasteiger partial charge is 0.493 e. The lowest BCUT2D eigenvalue weighted by atomic mass is 10.1. The van der Waals surface area contributed by atoms with E-state index in [2.05, 4.69) is 9.97 Å². The summed E-state index contributed by atoms with van der Waals surface area (Å²) in [5, 5.41) is 20.9. The van der Waals surface area contributed by atoms with Crippen LogP contribution in [0.1, 0.15) is 26.1 Å². The molecular weight excluding hydrogens is 322 g/mol. The van der Waals surface area contributed by atoms with Crippen molar-refractivity contribution in [1.82, 2.24) is 9.97 Å². The highest BCUT2D eigenvalue weighted by molar-refractivity contribution is 6.03. The first-order valence-electron chi connectivity index (χ1n) is 8.28. The van der Waals surface area contributed by atoms with Crippen LogP contribution in [0.15, 0.2) is 24.4 Å². The van der Waals surface area contributed by atoms with E-state index in [1.807, 2.05) is 18.2 Å².